The summed E-state index contributed by atoms with van der Waals surface area (Å²) < 4.78 is 0. The summed E-state index contributed by atoms with van der Waals surface area (Å²) in [6.07, 6.45) is 12.3. The molecule has 0 radical (unpaired) electrons. The molecule has 0 aliphatic rings. The fraction of sp³-hybridized carbons (Fsp3) is 0.938. The second-order valence-corrected chi connectivity index (χ2v) is 5.68. The Labute approximate surface area is 119 Å². The fourth-order valence-electron chi connectivity index (χ4n) is 2.61. The number of carbonyl (C=O) groups excluding carboxylic acids is 1. The first kappa shape index (κ1) is 18.4. The van der Waals surface area contributed by atoms with Crippen LogP contribution in [0.5, 0.6) is 0 Å². The van der Waals surface area contributed by atoms with E-state index in [0.717, 1.165) is 12.8 Å². The Balaban J connectivity index is 4.09. The second-order valence-electron chi connectivity index (χ2n) is 5.68. The molecule has 0 spiro atoms. The lowest BCUT2D eigenvalue weighted by Crippen LogP contribution is -2.25. The molecule has 0 aliphatic carbocycles. The minimum Gasteiger partial charge on any atom is -0.373 e. The Hall–Kier alpha value is -0.570. The molecule has 0 aromatic carbocycles. The number of hydrogen-bond acceptors (Lipinski definition) is 3. The van der Waals surface area contributed by atoms with Gasteiger partial charge in [0.1, 0.15) is 0 Å². The highest BCUT2D eigenvalue weighted by molar-refractivity contribution is 5.71. The van der Waals surface area contributed by atoms with E-state index in [9.17, 15) is 4.79 Å². The zero-order valence-corrected chi connectivity index (χ0v) is 13.1. The molecule has 1 atom stereocenters. The lowest BCUT2D eigenvalue weighted by Gasteiger charge is -2.21. The van der Waals surface area contributed by atoms with Crippen LogP contribution in [-0.2, 0) is 9.63 Å². The maximum atomic E-state index is 11.6. The van der Waals surface area contributed by atoms with Crippen LogP contribution in [0.3, 0.4) is 0 Å². The van der Waals surface area contributed by atoms with Gasteiger partial charge >= 0.3 is 5.97 Å². The van der Waals surface area contributed by atoms with E-state index in [2.05, 4.69) is 18.7 Å². The van der Waals surface area contributed by atoms with Crippen molar-refractivity contribution in [2.24, 2.45) is 17.7 Å². The number of hydrogen-bond donors (Lipinski definition) is 1. The van der Waals surface area contributed by atoms with E-state index >= 15 is 0 Å². The maximum absolute atomic E-state index is 11.6. The maximum Gasteiger partial charge on any atom is 0.327 e. The summed E-state index contributed by atoms with van der Waals surface area (Å²) in [5.74, 6) is 5.13. The van der Waals surface area contributed by atoms with Crippen molar-refractivity contribution in [3.63, 3.8) is 0 Å². The third-order valence-corrected chi connectivity index (χ3v) is 4.05. The smallest absolute Gasteiger partial charge is 0.327 e. The predicted molar refractivity (Wildman–Crippen MR) is 80.5 cm³/mol. The minimum absolute atomic E-state index is 0.0618. The lowest BCUT2D eigenvalue weighted by molar-refractivity contribution is -0.150. The highest BCUT2D eigenvalue weighted by atomic mass is 16.7. The normalized spacial score (nSPS) is 12.7. The van der Waals surface area contributed by atoms with Gasteiger partial charge in [0.05, 0.1) is 5.92 Å². The standard InChI is InChI=1S/C16H33NO2/c1-4-6-8-10-12-15(13-11-9-7-5-2)14(3)16(18)19-17/h14-15H,4-13,17H2,1-3H3. The second kappa shape index (κ2) is 12.5. The highest BCUT2D eigenvalue weighted by Crippen LogP contribution is 2.26. The molecule has 2 N–H and O–H groups in total. The molecular formula is C16H33NO2. The van der Waals surface area contributed by atoms with Crippen molar-refractivity contribution in [2.45, 2.75) is 85.0 Å². The van der Waals surface area contributed by atoms with Crippen molar-refractivity contribution in [1.82, 2.24) is 0 Å². The Morgan fingerprint density at radius 2 is 1.42 bits per heavy atom. The lowest BCUT2D eigenvalue weighted by atomic mass is 9.84. The van der Waals surface area contributed by atoms with Crippen LogP contribution in [0.1, 0.15) is 85.0 Å². The molecule has 0 fully saturated rings. The Bertz CT molecular complexity index is 207. The molecule has 0 amide bonds. The third-order valence-electron chi connectivity index (χ3n) is 4.05. The highest BCUT2D eigenvalue weighted by Gasteiger charge is 2.24. The van der Waals surface area contributed by atoms with Crippen molar-refractivity contribution in [3.8, 4) is 0 Å². The monoisotopic (exact) mass is 271 g/mol. The molecule has 3 nitrogen and oxygen atoms in total. The van der Waals surface area contributed by atoms with Crippen LogP contribution in [0.25, 0.3) is 0 Å². The summed E-state index contributed by atoms with van der Waals surface area (Å²) in [4.78, 5) is 16.0. The topological polar surface area (TPSA) is 52.3 Å². The van der Waals surface area contributed by atoms with Gasteiger partial charge in [0, 0.05) is 0 Å². The molecule has 0 bridgehead atoms. The van der Waals surface area contributed by atoms with Crippen LogP contribution in [0.15, 0.2) is 0 Å². The number of unbranched alkanes of at least 4 members (excludes halogenated alkanes) is 6. The number of nitrogens with two attached hydrogens (primary N) is 1. The Morgan fingerprint density at radius 3 is 1.79 bits per heavy atom. The van der Waals surface area contributed by atoms with Gasteiger partial charge < -0.3 is 4.84 Å². The molecule has 114 valence electrons. The molecule has 0 saturated heterocycles. The first-order valence-corrected chi connectivity index (χ1v) is 8.07. The van der Waals surface area contributed by atoms with Crippen molar-refractivity contribution in [2.75, 3.05) is 0 Å². The molecule has 0 aromatic heterocycles. The van der Waals surface area contributed by atoms with Gasteiger partial charge in [-0.25, -0.2) is 0 Å². The summed E-state index contributed by atoms with van der Waals surface area (Å²) in [6, 6.07) is 0. The predicted octanol–water partition coefficient (Wildman–Crippen LogP) is 4.60. The molecular weight excluding hydrogens is 238 g/mol. The van der Waals surface area contributed by atoms with Gasteiger partial charge in [-0.2, -0.15) is 5.90 Å². The van der Waals surface area contributed by atoms with Gasteiger partial charge in [-0.05, 0) is 18.8 Å². The zero-order chi connectivity index (χ0) is 14.5. The van der Waals surface area contributed by atoms with Crippen LogP contribution in [0.4, 0.5) is 0 Å². The average Bonchev–Trinajstić information content (AvgIpc) is 2.44. The zero-order valence-electron chi connectivity index (χ0n) is 13.1. The first-order valence-electron chi connectivity index (χ1n) is 8.07. The molecule has 19 heavy (non-hydrogen) atoms. The van der Waals surface area contributed by atoms with E-state index in [-0.39, 0.29) is 11.9 Å². The van der Waals surface area contributed by atoms with E-state index < -0.39 is 0 Å². The summed E-state index contributed by atoms with van der Waals surface area (Å²) in [5, 5.41) is 0. The third kappa shape index (κ3) is 9.04. The number of carbonyl (C=O) groups is 1. The van der Waals surface area contributed by atoms with E-state index in [0.29, 0.717) is 5.92 Å². The van der Waals surface area contributed by atoms with Crippen LogP contribution < -0.4 is 5.90 Å². The summed E-state index contributed by atoms with van der Waals surface area (Å²) in [7, 11) is 0. The Kier molecular flexibility index (Phi) is 12.1. The van der Waals surface area contributed by atoms with Crippen LogP contribution in [0, 0.1) is 11.8 Å². The number of rotatable bonds is 12. The molecule has 0 rings (SSSR count). The molecule has 0 aliphatic heterocycles. The van der Waals surface area contributed by atoms with Gasteiger partial charge in [0.2, 0.25) is 0 Å². The molecule has 0 saturated carbocycles. The van der Waals surface area contributed by atoms with E-state index in [1.165, 1.54) is 51.4 Å². The van der Waals surface area contributed by atoms with E-state index in [1.807, 2.05) is 6.92 Å². The van der Waals surface area contributed by atoms with Crippen molar-refractivity contribution < 1.29 is 9.63 Å². The van der Waals surface area contributed by atoms with Gasteiger partial charge in [0.15, 0.2) is 0 Å². The summed E-state index contributed by atoms with van der Waals surface area (Å²) in [5.41, 5.74) is 0. The fourth-order valence-corrected chi connectivity index (χ4v) is 2.61. The van der Waals surface area contributed by atoms with Crippen molar-refractivity contribution in [1.29, 1.82) is 0 Å². The SMILES string of the molecule is CCCCCCC(CCCCCC)C(C)C(=O)ON. The molecule has 1 unspecified atom stereocenters. The molecule has 0 heterocycles. The average molecular weight is 271 g/mol. The van der Waals surface area contributed by atoms with Gasteiger partial charge in [-0.15, -0.1) is 0 Å². The van der Waals surface area contributed by atoms with Crippen LogP contribution >= 0.6 is 0 Å². The van der Waals surface area contributed by atoms with Crippen molar-refractivity contribution in [3.05, 3.63) is 0 Å². The van der Waals surface area contributed by atoms with Gasteiger partial charge in [-0.1, -0.05) is 72.1 Å². The van der Waals surface area contributed by atoms with Crippen molar-refractivity contribution >= 4 is 5.97 Å². The minimum atomic E-state index is -0.254. The van der Waals surface area contributed by atoms with E-state index in [1.54, 1.807) is 0 Å². The Morgan fingerprint density at radius 1 is 0.947 bits per heavy atom. The van der Waals surface area contributed by atoms with Gasteiger partial charge in [-0.3, -0.25) is 4.79 Å². The van der Waals surface area contributed by atoms with Crippen LogP contribution in [0.2, 0.25) is 0 Å². The largest absolute Gasteiger partial charge is 0.373 e. The quantitative estimate of drug-likeness (QED) is 0.417. The van der Waals surface area contributed by atoms with Crippen LogP contribution in [-0.4, -0.2) is 5.97 Å². The molecule has 0 aromatic rings. The van der Waals surface area contributed by atoms with E-state index in [4.69, 9.17) is 5.90 Å². The molecule has 3 heteroatoms. The van der Waals surface area contributed by atoms with Gasteiger partial charge in [0.25, 0.3) is 0 Å². The first-order chi connectivity index (χ1) is 9.17. The summed E-state index contributed by atoms with van der Waals surface area (Å²) in [6.45, 7) is 6.40. The summed E-state index contributed by atoms with van der Waals surface area (Å²) >= 11 is 0.